The number of hydrogen-bond donors (Lipinski definition) is 2. The first kappa shape index (κ1) is 13.0. The summed E-state index contributed by atoms with van der Waals surface area (Å²) in [5.41, 5.74) is 1.12. The van der Waals surface area contributed by atoms with Gasteiger partial charge in [0.15, 0.2) is 0 Å². The summed E-state index contributed by atoms with van der Waals surface area (Å²) in [6, 6.07) is 4.24. The van der Waals surface area contributed by atoms with Gasteiger partial charge in [-0.05, 0) is 18.6 Å². The zero-order chi connectivity index (χ0) is 13.0. The van der Waals surface area contributed by atoms with Gasteiger partial charge >= 0.3 is 5.97 Å². The Bertz CT molecular complexity index is 396. The van der Waals surface area contributed by atoms with E-state index in [0.29, 0.717) is 19.1 Å². The van der Waals surface area contributed by atoms with E-state index in [2.05, 4.69) is 22.1 Å². The van der Waals surface area contributed by atoms with Crippen LogP contribution in [-0.2, 0) is 11.3 Å². The van der Waals surface area contributed by atoms with E-state index in [0.717, 1.165) is 18.7 Å². The fourth-order valence-corrected chi connectivity index (χ4v) is 2.29. The molecule has 1 fully saturated rings. The van der Waals surface area contributed by atoms with Crippen molar-refractivity contribution < 1.29 is 9.90 Å². The van der Waals surface area contributed by atoms with Gasteiger partial charge in [-0.15, -0.1) is 0 Å². The van der Waals surface area contributed by atoms with E-state index in [1.807, 2.05) is 18.3 Å². The minimum absolute atomic E-state index is 0.311. The zero-order valence-electron chi connectivity index (χ0n) is 10.5. The van der Waals surface area contributed by atoms with Crippen molar-refractivity contribution in [2.75, 3.05) is 19.6 Å². The molecule has 18 heavy (non-hydrogen) atoms. The third-order valence-electron chi connectivity index (χ3n) is 3.20. The van der Waals surface area contributed by atoms with Crippen molar-refractivity contribution in [3.05, 3.63) is 30.1 Å². The minimum Gasteiger partial charge on any atom is -0.481 e. The summed E-state index contributed by atoms with van der Waals surface area (Å²) in [5, 5.41) is 12.4. The zero-order valence-corrected chi connectivity index (χ0v) is 10.5. The summed E-state index contributed by atoms with van der Waals surface area (Å²) >= 11 is 0. The van der Waals surface area contributed by atoms with Gasteiger partial charge in [0.1, 0.15) is 0 Å². The Hall–Kier alpha value is -1.46. The van der Waals surface area contributed by atoms with Gasteiger partial charge in [-0.1, -0.05) is 6.07 Å². The van der Waals surface area contributed by atoms with Crippen molar-refractivity contribution in [2.24, 2.45) is 5.92 Å². The summed E-state index contributed by atoms with van der Waals surface area (Å²) in [5.74, 6) is -1.07. The lowest BCUT2D eigenvalue weighted by atomic mass is 10.1. The third-order valence-corrected chi connectivity index (χ3v) is 3.20. The van der Waals surface area contributed by atoms with Crippen LogP contribution in [0.25, 0.3) is 0 Å². The van der Waals surface area contributed by atoms with Crippen LogP contribution in [0, 0.1) is 5.92 Å². The Balaban J connectivity index is 2.03. The van der Waals surface area contributed by atoms with Crippen LogP contribution in [0.2, 0.25) is 0 Å². The van der Waals surface area contributed by atoms with Gasteiger partial charge in [0.05, 0.1) is 5.92 Å². The standard InChI is InChI=1S/C13H19N3O2/c1-10-7-16(8-11-3-2-4-14-5-11)9-12(6-15-10)13(17)18/h2-5,10,12,15H,6-9H2,1H3,(H,17,18). The second-order valence-electron chi connectivity index (χ2n) is 4.90. The lowest BCUT2D eigenvalue weighted by molar-refractivity contribution is -0.142. The molecule has 5 nitrogen and oxygen atoms in total. The number of pyridine rings is 1. The lowest BCUT2D eigenvalue weighted by Crippen LogP contribution is -2.35. The topological polar surface area (TPSA) is 65.5 Å². The fourth-order valence-electron chi connectivity index (χ4n) is 2.29. The number of aliphatic carboxylic acids is 1. The van der Waals surface area contributed by atoms with Crippen LogP contribution >= 0.6 is 0 Å². The minimum atomic E-state index is -0.729. The van der Waals surface area contributed by atoms with Crippen molar-refractivity contribution in [3.8, 4) is 0 Å². The lowest BCUT2D eigenvalue weighted by Gasteiger charge is -2.23. The smallest absolute Gasteiger partial charge is 0.309 e. The first-order chi connectivity index (χ1) is 8.65. The second kappa shape index (κ2) is 5.93. The van der Waals surface area contributed by atoms with Crippen LogP contribution in [0.4, 0.5) is 0 Å². The second-order valence-corrected chi connectivity index (χ2v) is 4.90. The van der Waals surface area contributed by atoms with Crippen LogP contribution in [0.5, 0.6) is 0 Å². The Morgan fingerprint density at radius 3 is 3.11 bits per heavy atom. The van der Waals surface area contributed by atoms with Crippen molar-refractivity contribution in [1.82, 2.24) is 15.2 Å². The van der Waals surface area contributed by atoms with Crippen LogP contribution < -0.4 is 5.32 Å². The Kier molecular flexibility index (Phi) is 4.28. The summed E-state index contributed by atoms with van der Waals surface area (Å²) in [6.07, 6.45) is 3.58. The van der Waals surface area contributed by atoms with Gasteiger partial charge in [0, 0.05) is 44.6 Å². The molecule has 0 spiro atoms. The number of aromatic nitrogens is 1. The monoisotopic (exact) mass is 249 g/mol. The highest BCUT2D eigenvalue weighted by Gasteiger charge is 2.26. The molecule has 1 aliphatic heterocycles. The third kappa shape index (κ3) is 3.51. The van der Waals surface area contributed by atoms with E-state index < -0.39 is 5.97 Å². The summed E-state index contributed by atoms with van der Waals surface area (Å²) < 4.78 is 0. The molecule has 0 aliphatic carbocycles. The summed E-state index contributed by atoms with van der Waals surface area (Å²) in [6.45, 7) is 4.82. The van der Waals surface area contributed by atoms with Crippen molar-refractivity contribution in [3.63, 3.8) is 0 Å². The van der Waals surface area contributed by atoms with Crippen LogP contribution in [-0.4, -0.2) is 46.6 Å². The van der Waals surface area contributed by atoms with Gasteiger partial charge in [-0.2, -0.15) is 0 Å². The molecule has 0 bridgehead atoms. The van der Waals surface area contributed by atoms with Crippen molar-refractivity contribution in [2.45, 2.75) is 19.5 Å². The average Bonchev–Trinajstić information content (AvgIpc) is 2.52. The quantitative estimate of drug-likeness (QED) is 0.820. The number of nitrogens with zero attached hydrogens (tertiary/aromatic N) is 2. The molecule has 2 heterocycles. The molecule has 1 aromatic heterocycles. The maximum Gasteiger partial charge on any atom is 0.309 e. The molecule has 98 valence electrons. The number of carboxylic acids is 1. The summed E-state index contributed by atoms with van der Waals surface area (Å²) in [4.78, 5) is 17.4. The van der Waals surface area contributed by atoms with Crippen molar-refractivity contribution >= 4 is 5.97 Å². The maximum absolute atomic E-state index is 11.1. The van der Waals surface area contributed by atoms with Crippen molar-refractivity contribution in [1.29, 1.82) is 0 Å². The Morgan fingerprint density at radius 1 is 1.61 bits per heavy atom. The van der Waals surface area contributed by atoms with Gasteiger partial charge < -0.3 is 10.4 Å². The summed E-state index contributed by atoms with van der Waals surface area (Å²) in [7, 11) is 0. The molecule has 1 aliphatic rings. The maximum atomic E-state index is 11.1. The van der Waals surface area contributed by atoms with E-state index in [4.69, 9.17) is 5.11 Å². The van der Waals surface area contributed by atoms with Crippen LogP contribution in [0.15, 0.2) is 24.5 Å². The van der Waals surface area contributed by atoms with Gasteiger partial charge in [-0.3, -0.25) is 14.7 Å². The van der Waals surface area contributed by atoms with E-state index in [9.17, 15) is 4.79 Å². The number of carbonyl (C=O) groups is 1. The number of hydrogen-bond acceptors (Lipinski definition) is 4. The molecule has 2 rings (SSSR count). The highest BCUT2D eigenvalue weighted by Crippen LogP contribution is 2.11. The molecule has 0 aromatic carbocycles. The first-order valence-corrected chi connectivity index (χ1v) is 6.22. The van der Waals surface area contributed by atoms with E-state index in [1.54, 1.807) is 6.20 Å². The van der Waals surface area contributed by atoms with Gasteiger partial charge in [0.25, 0.3) is 0 Å². The van der Waals surface area contributed by atoms with E-state index in [-0.39, 0.29) is 5.92 Å². The molecular formula is C13H19N3O2. The van der Waals surface area contributed by atoms with E-state index >= 15 is 0 Å². The van der Waals surface area contributed by atoms with Gasteiger partial charge in [-0.25, -0.2) is 0 Å². The normalized spacial score (nSPS) is 25.6. The number of rotatable bonds is 3. The molecule has 5 heteroatoms. The average molecular weight is 249 g/mol. The predicted molar refractivity (Wildman–Crippen MR) is 68.1 cm³/mol. The molecule has 2 atom stereocenters. The predicted octanol–water partition coefficient (Wildman–Crippen LogP) is 0.576. The molecule has 2 unspecified atom stereocenters. The van der Waals surface area contributed by atoms with Crippen LogP contribution in [0.3, 0.4) is 0 Å². The first-order valence-electron chi connectivity index (χ1n) is 6.22. The number of carboxylic acid groups (broad SMARTS) is 1. The van der Waals surface area contributed by atoms with Crippen LogP contribution in [0.1, 0.15) is 12.5 Å². The largest absolute Gasteiger partial charge is 0.481 e. The highest BCUT2D eigenvalue weighted by atomic mass is 16.4. The van der Waals surface area contributed by atoms with Gasteiger partial charge in [0.2, 0.25) is 0 Å². The SMILES string of the molecule is CC1CN(Cc2cccnc2)CC(C(=O)O)CN1. The molecule has 0 radical (unpaired) electrons. The highest BCUT2D eigenvalue weighted by molar-refractivity contribution is 5.70. The molecule has 1 aromatic rings. The van der Waals surface area contributed by atoms with E-state index in [1.165, 1.54) is 0 Å². The Labute approximate surface area is 107 Å². The number of nitrogens with one attached hydrogen (secondary N) is 1. The Morgan fingerprint density at radius 2 is 2.44 bits per heavy atom. The molecule has 0 saturated carbocycles. The fraction of sp³-hybridized carbons (Fsp3) is 0.538. The molecular weight excluding hydrogens is 230 g/mol. The molecule has 0 amide bonds. The molecule has 1 saturated heterocycles. The molecule has 2 N–H and O–H groups in total.